The van der Waals surface area contributed by atoms with E-state index in [9.17, 15) is 5.11 Å². The molecule has 102 valence electrons. The van der Waals surface area contributed by atoms with Crippen LogP contribution in [0.4, 0.5) is 0 Å². The van der Waals surface area contributed by atoms with Crippen LogP contribution in [0.2, 0.25) is 0 Å². The summed E-state index contributed by atoms with van der Waals surface area (Å²) in [6.07, 6.45) is 1.40. The Morgan fingerprint density at radius 2 is 2.26 bits per heavy atom. The molecule has 1 N–H and O–H groups in total. The van der Waals surface area contributed by atoms with Gasteiger partial charge in [-0.25, -0.2) is 0 Å². The second-order valence-electron chi connectivity index (χ2n) is 4.38. The Kier molecular flexibility index (Phi) is 4.52. The minimum Gasteiger partial charge on any atom is -0.497 e. The van der Waals surface area contributed by atoms with Gasteiger partial charge < -0.3 is 14.4 Å². The van der Waals surface area contributed by atoms with Crippen LogP contribution in [-0.4, -0.2) is 22.4 Å². The predicted molar refractivity (Wildman–Crippen MR) is 70.0 cm³/mol. The van der Waals surface area contributed by atoms with E-state index in [-0.39, 0.29) is 0 Å². The molecule has 0 saturated carbocycles. The Labute approximate surface area is 112 Å². The lowest BCUT2D eigenvalue weighted by atomic mass is 10.1. The molecule has 0 bridgehead atoms. The maximum atomic E-state index is 9.78. The Hall–Kier alpha value is -1.88. The first-order valence-corrected chi connectivity index (χ1v) is 6.36. The van der Waals surface area contributed by atoms with E-state index in [1.807, 2.05) is 31.2 Å². The van der Waals surface area contributed by atoms with Gasteiger partial charge in [0.1, 0.15) is 11.9 Å². The summed E-state index contributed by atoms with van der Waals surface area (Å²) in [5.41, 5.74) is 1.03. The topological polar surface area (TPSA) is 68.4 Å². The first-order chi connectivity index (χ1) is 9.22. The van der Waals surface area contributed by atoms with Crippen LogP contribution in [0, 0.1) is 0 Å². The minimum atomic E-state index is -0.646. The number of methoxy groups -OCH3 is 1. The molecule has 0 amide bonds. The molecule has 2 aromatic rings. The van der Waals surface area contributed by atoms with Crippen LogP contribution >= 0.6 is 0 Å². The van der Waals surface area contributed by atoms with E-state index in [0.29, 0.717) is 24.6 Å². The highest BCUT2D eigenvalue weighted by Crippen LogP contribution is 2.18. The smallest absolute Gasteiger partial charge is 0.231 e. The summed E-state index contributed by atoms with van der Waals surface area (Å²) < 4.78 is 10.3. The first-order valence-electron chi connectivity index (χ1n) is 6.36. The van der Waals surface area contributed by atoms with Gasteiger partial charge in [0.05, 0.1) is 13.5 Å². The van der Waals surface area contributed by atoms with Crippen molar-refractivity contribution in [2.45, 2.75) is 32.3 Å². The van der Waals surface area contributed by atoms with E-state index in [1.165, 1.54) is 0 Å². The Balaban J connectivity index is 2.06. The fourth-order valence-corrected chi connectivity index (χ4v) is 1.83. The van der Waals surface area contributed by atoms with Crippen LogP contribution in [0.15, 0.2) is 28.8 Å². The molecule has 1 aromatic heterocycles. The summed E-state index contributed by atoms with van der Waals surface area (Å²) >= 11 is 0. The fraction of sp³-hybridized carbons (Fsp3) is 0.429. The van der Waals surface area contributed by atoms with E-state index in [0.717, 1.165) is 17.7 Å². The quantitative estimate of drug-likeness (QED) is 0.866. The second-order valence-corrected chi connectivity index (χ2v) is 4.38. The highest BCUT2D eigenvalue weighted by atomic mass is 16.5. The van der Waals surface area contributed by atoms with Gasteiger partial charge in [-0.2, -0.15) is 4.98 Å². The number of aliphatic hydroxyl groups excluding tert-OH is 1. The van der Waals surface area contributed by atoms with E-state index in [4.69, 9.17) is 9.26 Å². The highest BCUT2D eigenvalue weighted by Gasteiger charge is 2.14. The van der Waals surface area contributed by atoms with Crippen LogP contribution in [0.5, 0.6) is 5.75 Å². The van der Waals surface area contributed by atoms with Gasteiger partial charge in [-0.15, -0.1) is 0 Å². The summed E-state index contributed by atoms with van der Waals surface area (Å²) in [6.45, 7) is 2.00. The average molecular weight is 262 g/mol. The van der Waals surface area contributed by atoms with Crippen molar-refractivity contribution in [1.29, 1.82) is 0 Å². The molecule has 2 rings (SSSR count). The molecule has 0 aliphatic heterocycles. The molecular formula is C14H18N2O3. The highest BCUT2D eigenvalue weighted by molar-refractivity contribution is 5.29. The van der Waals surface area contributed by atoms with E-state index in [2.05, 4.69) is 10.1 Å². The van der Waals surface area contributed by atoms with Crippen molar-refractivity contribution in [3.8, 4) is 5.75 Å². The van der Waals surface area contributed by atoms with Gasteiger partial charge in [0.15, 0.2) is 5.82 Å². The Morgan fingerprint density at radius 3 is 3.00 bits per heavy atom. The first kappa shape index (κ1) is 13.5. The maximum absolute atomic E-state index is 9.78. The van der Waals surface area contributed by atoms with Gasteiger partial charge in [-0.3, -0.25) is 0 Å². The van der Waals surface area contributed by atoms with Crippen molar-refractivity contribution in [3.63, 3.8) is 0 Å². The van der Waals surface area contributed by atoms with E-state index >= 15 is 0 Å². The lowest BCUT2D eigenvalue weighted by Gasteiger charge is -2.02. The van der Waals surface area contributed by atoms with Crippen molar-refractivity contribution < 1.29 is 14.4 Å². The zero-order valence-corrected chi connectivity index (χ0v) is 11.2. The number of ether oxygens (including phenoxy) is 1. The summed E-state index contributed by atoms with van der Waals surface area (Å²) in [5.74, 6) is 1.65. The third kappa shape index (κ3) is 3.54. The van der Waals surface area contributed by atoms with Gasteiger partial charge in [0.2, 0.25) is 5.89 Å². The van der Waals surface area contributed by atoms with Crippen LogP contribution in [0.3, 0.4) is 0 Å². The van der Waals surface area contributed by atoms with E-state index < -0.39 is 6.10 Å². The number of hydrogen-bond acceptors (Lipinski definition) is 5. The number of aromatic nitrogens is 2. The summed E-state index contributed by atoms with van der Waals surface area (Å²) in [6, 6.07) is 7.69. The number of benzene rings is 1. The molecule has 0 saturated heterocycles. The molecule has 0 spiro atoms. The van der Waals surface area contributed by atoms with Crippen LogP contribution in [-0.2, 0) is 6.42 Å². The molecule has 19 heavy (non-hydrogen) atoms. The minimum absolute atomic E-state index is 0.361. The van der Waals surface area contributed by atoms with Crippen LogP contribution < -0.4 is 4.74 Å². The Bertz CT molecular complexity index is 525. The van der Waals surface area contributed by atoms with E-state index in [1.54, 1.807) is 7.11 Å². The lowest BCUT2D eigenvalue weighted by molar-refractivity contribution is 0.153. The summed E-state index contributed by atoms with van der Waals surface area (Å²) in [7, 11) is 1.63. The van der Waals surface area contributed by atoms with Gasteiger partial charge in [0, 0.05) is 0 Å². The van der Waals surface area contributed by atoms with Crippen LogP contribution in [0.25, 0.3) is 0 Å². The largest absolute Gasteiger partial charge is 0.497 e. The third-order valence-corrected chi connectivity index (χ3v) is 2.83. The lowest BCUT2D eigenvalue weighted by Crippen LogP contribution is -1.99. The molecule has 0 aliphatic rings. The van der Waals surface area contributed by atoms with Crippen molar-refractivity contribution in [1.82, 2.24) is 10.1 Å². The standard InChI is InChI=1S/C14H18N2O3/c1-3-5-12(17)14-15-13(19-16-14)9-10-6-4-7-11(8-10)18-2/h4,6-8,12,17H,3,5,9H2,1-2H3. The molecule has 0 fully saturated rings. The van der Waals surface area contributed by atoms with Gasteiger partial charge in [-0.1, -0.05) is 30.6 Å². The Morgan fingerprint density at radius 1 is 1.42 bits per heavy atom. The molecule has 5 nitrogen and oxygen atoms in total. The molecule has 1 aromatic carbocycles. The number of nitrogens with zero attached hydrogens (tertiary/aromatic N) is 2. The zero-order chi connectivity index (χ0) is 13.7. The summed E-state index contributed by atoms with van der Waals surface area (Å²) in [5, 5.41) is 13.6. The van der Waals surface area contributed by atoms with Gasteiger partial charge in [-0.05, 0) is 24.1 Å². The van der Waals surface area contributed by atoms with Crippen molar-refractivity contribution in [3.05, 3.63) is 41.5 Å². The zero-order valence-electron chi connectivity index (χ0n) is 11.2. The molecule has 1 unspecified atom stereocenters. The molecule has 0 aliphatic carbocycles. The third-order valence-electron chi connectivity index (χ3n) is 2.83. The number of rotatable bonds is 6. The van der Waals surface area contributed by atoms with Crippen molar-refractivity contribution >= 4 is 0 Å². The molecule has 0 radical (unpaired) electrons. The molecule has 1 heterocycles. The van der Waals surface area contributed by atoms with Gasteiger partial charge in [0.25, 0.3) is 0 Å². The molecule has 5 heteroatoms. The van der Waals surface area contributed by atoms with Gasteiger partial charge >= 0.3 is 0 Å². The molecule has 1 atom stereocenters. The van der Waals surface area contributed by atoms with Crippen molar-refractivity contribution in [2.75, 3.05) is 7.11 Å². The fourth-order valence-electron chi connectivity index (χ4n) is 1.83. The maximum Gasteiger partial charge on any atom is 0.231 e. The monoisotopic (exact) mass is 262 g/mol. The SMILES string of the molecule is CCCC(O)c1noc(Cc2cccc(OC)c2)n1. The molecular weight excluding hydrogens is 244 g/mol. The predicted octanol–water partition coefficient (Wildman–Crippen LogP) is 2.50. The number of aliphatic hydroxyl groups is 1. The van der Waals surface area contributed by atoms with Crippen molar-refractivity contribution in [2.24, 2.45) is 0 Å². The average Bonchev–Trinajstić information content (AvgIpc) is 2.88. The summed E-state index contributed by atoms with van der Waals surface area (Å²) in [4.78, 5) is 4.21. The van der Waals surface area contributed by atoms with Crippen LogP contribution in [0.1, 0.15) is 43.1 Å². The number of hydrogen-bond donors (Lipinski definition) is 1. The normalized spacial score (nSPS) is 12.4. The second kappa shape index (κ2) is 6.33.